The average Bonchev–Trinajstić information content (AvgIpc) is 2.40. The third-order valence-electron chi connectivity index (χ3n) is 2.90. The fourth-order valence-electron chi connectivity index (χ4n) is 2.03. The van der Waals surface area contributed by atoms with Gasteiger partial charge >= 0.3 is 0 Å². The lowest BCUT2D eigenvalue weighted by Gasteiger charge is -2.24. The highest BCUT2D eigenvalue weighted by atomic mass is 35.5. The third-order valence-corrected chi connectivity index (χ3v) is 3.13. The summed E-state index contributed by atoms with van der Waals surface area (Å²) in [5.41, 5.74) is 1.32. The minimum atomic E-state index is -0.313. The zero-order chi connectivity index (χ0) is 12.5. The number of carbonyl (C=O) groups is 1. The minimum absolute atomic E-state index is 0.0365. The Morgan fingerprint density at radius 1 is 1.28 bits per heavy atom. The van der Waals surface area contributed by atoms with Gasteiger partial charge in [0.05, 0.1) is 17.7 Å². The van der Waals surface area contributed by atoms with Gasteiger partial charge in [-0.25, -0.2) is 0 Å². The second kappa shape index (κ2) is 4.42. The average molecular weight is 260 g/mol. The molecule has 0 bridgehead atoms. The van der Waals surface area contributed by atoms with Gasteiger partial charge in [-0.2, -0.15) is 0 Å². The topological polar surface area (TPSA) is 39.2 Å². The molecule has 3 rings (SSSR count). The van der Waals surface area contributed by atoms with Crippen LogP contribution >= 0.6 is 11.6 Å². The van der Waals surface area contributed by atoms with Gasteiger partial charge in [-0.15, -0.1) is 0 Å². The number of benzene rings is 1. The van der Waals surface area contributed by atoms with Gasteiger partial charge in [0, 0.05) is 11.2 Å². The van der Waals surface area contributed by atoms with Crippen molar-refractivity contribution in [2.24, 2.45) is 0 Å². The molecule has 4 heteroatoms. The van der Waals surface area contributed by atoms with Crippen molar-refractivity contribution < 1.29 is 9.53 Å². The van der Waals surface area contributed by atoms with E-state index in [1.165, 1.54) is 0 Å². The molecule has 0 spiro atoms. The van der Waals surface area contributed by atoms with Crippen molar-refractivity contribution in [1.29, 1.82) is 0 Å². The fourth-order valence-corrected chi connectivity index (χ4v) is 2.20. The van der Waals surface area contributed by atoms with Gasteiger partial charge in [0.2, 0.25) is 0 Å². The van der Waals surface area contributed by atoms with Crippen LogP contribution in [0, 0.1) is 0 Å². The Labute approximate surface area is 109 Å². The number of ketones is 1. The molecule has 0 N–H and O–H groups in total. The van der Waals surface area contributed by atoms with E-state index in [9.17, 15) is 4.79 Å². The molecule has 2 aromatic rings. The second-order valence-electron chi connectivity index (χ2n) is 4.13. The third kappa shape index (κ3) is 1.97. The van der Waals surface area contributed by atoms with Crippen LogP contribution in [-0.4, -0.2) is 10.8 Å². The summed E-state index contributed by atoms with van der Waals surface area (Å²) in [7, 11) is 0. The Bertz CT molecular complexity index is 598. The molecule has 0 saturated carbocycles. The van der Waals surface area contributed by atoms with Gasteiger partial charge in [0.15, 0.2) is 5.78 Å². The van der Waals surface area contributed by atoms with Crippen molar-refractivity contribution >= 4 is 17.4 Å². The molecule has 0 radical (unpaired) electrons. The Balaban J connectivity index is 1.97. The Hall–Kier alpha value is -1.87. The van der Waals surface area contributed by atoms with Crippen LogP contribution in [-0.2, 0) is 0 Å². The molecular formula is C14H10ClNO2. The standard InChI is InChI=1S/C14H10ClNO2/c15-9-4-5-13-10(7-9)12(17)8-14(18-13)11-3-1-2-6-16-11/h1-7,14H,8H2/t14-/m0/s1. The first-order chi connectivity index (χ1) is 8.74. The lowest BCUT2D eigenvalue weighted by molar-refractivity contribution is 0.0845. The number of nitrogens with zero attached hydrogens (tertiary/aromatic N) is 1. The Kier molecular flexibility index (Phi) is 2.76. The zero-order valence-corrected chi connectivity index (χ0v) is 10.2. The van der Waals surface area contributed by atoms with E-state index in [-0.39, 0.29) is 11.9 Å². The van der Waals surface area contributed by atoms with Gasteiger partial charge in [-0.3, -0.25) is 9.78 Å². The van der Waals surface area contributed by atoms with E-state index >= 15 is 0 Å². The van der Waals surface area contributed by atoms with E-state index in [1.54, 1.807) is 24.4 Å². The van der Waals surface area contributed by atoms with Crippen molar-refractivity contribution in [1.82, 2.24) is 4.98 Å². The summed E-state index contributed by atoms with van der Waals surface area (Å²) in [6.45, 7) is 0. The highest BCUT2D eigenvalue weighted by Crippen LogP contribution is 2.35. The number of Topliss-reactive ketones (excluding diaryl/α,β-unsaturated/α-hetero) is 1. The molecule has 0 aliphatic carbocycles. The molecule has 0 amide bonds. The summed E-state index contributed by atoms with van der Waals surface area (Å²) in [6.07, 6.45) is 1.68. The number of pyridine rings is 1. The van der Waals surface area contributed by atoms with Crippen LogP contribution < -0.4 is 4.74 Å². The van der Waals surface area contributed by atoms with E-state index in [4.69, 9.17) is 16.3 Å². The van der Waals surface area contributed by atoms with Gasteiger partial charge in [0.25, 0.3) is 0 Å². The number of fused-ring (bicyclic) bond motifs is 1. The van der Waals surface area contributed by atoms with Gasteiger partial charge in [-0.05, 0) is 30.3 Å². The number of aromatic nitrogens is 1. The summed E-state index contributed by atoms with van der Waals surface area (Å²) in [6, 6.07) is 10.7. The summed E-state index contributed by atoms with van der Waals surface area (Å²) in [4.78, 5) is 16.3. The van der Waals surface area contributed by atoms with Crippen LogP contribution in [0.1, 0.15) is 28.6 Å². The largest absolute Gasteiger partial charge is 0.483 e. The Morgan fingerprint density at radius 2 is 2.17 bits per heavy atom. The van der Waals surface area contributed by atoms with Crippen LogP contribution in [0.15, 0.2) is 42.6 Å². The predicted octanol–water partition coefficient (Wildman–Crippen LogP) is 3.44. The van der Waals surface area contributed by atoms with Crippen LogP contribution in [0.2, 0.25) is 5.02 Å². The molecule has 0 saturated heterocycles. The van der Waals surface area contributed by atoms with Crippen molar-refractivity contribution in [2.75, 3.05) is 0 Å². The molecule has 0 unspecified atom stereocenters. The summed E-state index contributed by atoms with van der Waals surface area (Å²) in [5, 5.41) is 0.544. The molecule has 0 fully saturated rings. The lowest BCUT2D eigenvalue weighted by atomic mass is 9.99. The predicted molar refractivity (Wildman–Crippen MR) is 68.0 cm³/mol. The van der Waals surface area contributed by atoms with E-state index < -0.39 is 0 Å². The van der Waals surface area contributed by atoms with Crippen molar-refractivity contribution in [2.45, 2.75) is 12.5 Å². The van der Waals surface area contributed by atoms with Gasteiger partial charge < -0.3 is 4.74 Å². The molecule has 1 aliphatic rings. The van der Waals surface area contributed by atoms with Crippen molar-refractivity contribution in [3.05, 3.63) is 58.9 Å². The van der Waals surface area contributed by atoms with E-state index in [0.29, 0.717) is 22.8 Å². The van der Waals surface area contributed by atoms with E-state index in [2.05, 4.69) is 4.98 Å². The molecule has 1 atom stereocenters. The molecule has 3 nitrogen and oxygen atoms in total. The smallest absolute Gasteiger partial charge is 0.170 e. The van der Waals surface area contributed by atoms with Crippen molar-refractivity contribution in [3.8, 4) is 5.75 Å². The zero-order valence-electron chi connectivity index (χ0n) is 9.47. The van der Waals surface area contributed by atoms with Crippen molar-refractivity contribution in [3.63, 3.8) is 0 Å². The van der Waals surface area contributed by atoms with E-state index in [0.717, 1.165) is 5.69 Å². The SMILES string of the molecule is O=C1C[C@@H](c2ccccn2)Oc2ccc(Cl)cc21. The van der Waals surface area contributed by atoms with Crippen LogP contribution in [0.3, 0.4) is 0 Å². The lowest BCUT2D eigenvalue weighted by Crippen LogP contribution is -2.21. The first-order valence-corrected chi connectivity index (χ1v) is 6.02. The fraction of sp³-hybridized carbons (Fsp3) is 0.143. The van der Waals surface area contributed by atoms with Crippen LogP contribution in [0.4, 0.5) is 0 Å². The second-order valence-corrected chi connectivity index (χ2v) is 4.57. The van der Waals surface area contributed by atoms with Gasteiger partial charge in [0.1, 0.15) is 11.9 Å². The number of rotatable bonds is 1. The highest BCUT2D eigenvalue weighted by molar-refractivity contribution is 6.31. The number of hydrogen-bond donors (Lipinski definition) is 0. The first kappa shape index (κ1) is 11.2. The highest BCUT2D eigenvalue weighted by Gasteiger charge is 2.28. The Morgan fingerprint density at radius 3 is 2.94 bits per heavy atom. The molecular weight excluding hydrogens is 250 g/mol. The molecule has 1 aromatic heterocycles. The molecule has 1 aromatic carbocycles. The summed E-state index contributed by atoms with van der Waals surface area (Å²) in [5.74, 6) is 0.612. The quantitative estimate of drug-likeness (QED) is 0.787. The summed E-state index contributed by atoms with van der Waals surface area (Å²) >= 11 is 5.88. The molecule has 1 aliphatic heterocycles. The monoisotopic (exact) mass is 259 g/mol. The summed E-state index contributed by atoms with van der Waals surface area (Å²) < 4.78 is 5.80. The maximum absolute atomic E-state index is 12.1. The number of halogens is 1. The molecule has 18 heavy (non-hydrogen) atoms. The minimum Gasteiger partial charge on any atom is -0.483 e. The van der Waals surface area contributed by atoms with Crippen LogP contribution in [0.25, 0.3) is 0 Å². The number of carbonyl (C=O) groups excluding carboxylic acids is 1. The van der Waals surface area contributed by atoms with Gasteiger partial charge in [-0.1, -0.05) is 17.7 Å². The van der Waals surface area contributed by atoms with Crippen LogP contribution in [0.5, 0.6) is 5.75 Å². The molecule has 2 heterocycles. The maximum Gasteiger partial charge on any atom is 0.170 e. The molecule has 90 valence electrons. The maximum atomic E-state index is 12.1. The first-order valence-electron chi connectivity index (χ1n) is 5.64. The number of hydrogen-bond acceptors (Lipinski definition) is 3. The normalized spacial score (nSPS) is 18.1. The number of ether oxygens (including phenoxy) is 1. The van der Waals surface area contributed by atoms with E-state index in [1.807, 2.05) is 18.2 Å².